The van der Waals surface area contributed by atoms with E-state index >= 15 is 0 Å². The van der Waals surface area contributed by atoms with Gasteiger partial charge in [-0.2, -0.15) is 0 Å². The number of carbonyl (C=O) groups is 2. The summed E-state index contributed by atoms with van der Waals surface area (Å²) in [6.07, 6.45) is 1.19. The van der Waals surface area contributed by atoms with Crippen molar-refractivity contribution in [1.82, 2.24) is 4.90 Å². The number of carbonyl (C=O) groups excluding carboxylic acids is 1. The molecule has 22 heavy (non-hydrogen) atoms. The lowest BCUT2D eigenvalue weighted by Crippen LogP contribution is -2.47. The Hall–Kier alpha value is -2.44. The highest BCUT2D eigenvalue weighted by molar-refractivity contribution is 5.95. The molecule has 2 rings (SSSR count). The van der Waals surface area contributed by atoms with Crippen molar-refractivity contribution in [1.29, 1.82) is 0 Å². The number of rotatable bonds is 3. The highest BCUT2D eigenvalue weighted by Gasteiger charge is 2.33. The zero-order chi connectivity index (χ0) is 16.4. The summed E-state index contributed by atoms with van der Waals surface area (Å²) in [6, 6.07) is 4.17. The van der Waals surface area contributed by atoms with Crippen molar-refractivity contribution in [2.75, 3.05) is 6.54 Å². The first kappa shape index (κ1) is 15.9. The van der Waals surface area contributed by atoms with Crippen LogP contribution in [0.15, 0.2) is 18.2 Å². The highest BCUT2D eigenvalue weighted by Crippen LogP contribution is 2.25. The standard InChI is InChI=1S/C15H18N2O5/c1-9-7-11(5-6-13(9)17(21)22)14(18)16-8-12(15(19)20)4-3-10(16)2/h5-7,10,12H,3-4,8H2,1-2H3,(H,19,20). The molecule has 0 aliphatic carbocycles. The van der Waals surface area contributed by atoms with E-state index in [1.165, 1.54) is 18.2 Å². The first-order valence-electron chi connectivity index (χ1n) is 7.10. The maximum atomic E-state index is 12.6. The second-order valence-electron chi connectivity index (χ2n) is 5.68. The van der Waals surface area contributed by atoms with Gasteiger partial charge in [-0.1, -0.05) is 0 Å². The fraction of sp³-hybridized carbons (Fsp3) is 0.467. The summed E-state index contributed by atoms with van der Waals surface area (Å²) >= 11 is 0. The number of nitro groups is 1. The van der Waals surface area contributed by atoms with Gasteiger partial charge in [-0.25, -0.2) is 0 Å². The first-order valence-corrected chi connectivity index (χ1v) is 7.10. The Kier molecular flexibility index (Phi) is 4.44. The van der Waals surface area contributed by atoms with Crippen molar-refractivity contribution in [3.63, 3.8) is 0 Å². The van der Waals surface area contributed by atoms with Crippen molar-refractivity contribution >= 4 is 17.6 Å². The molecule has 1 aliphatic rings. The average molecular weight is 306 g/mol. The number of carboxylic acids is 1. The van der Waals surface area contributed by atoms with Crippen LogP contribution in [0.3, 0.4) is 0 Å². The summed E-state index contributed by atoms with van der Waals surface area (Å²) in [5.74, 6) is -1.74. The number of piperidine rings is 1. The molecule has 1 aromatic rings. The quantitative estimate of drug-likeness (QED) is 0.681. The monoisotopic (exact) mass is 306 g/mol. The summed E-state index contributed by atoms with van der Waals surface area (Å²) in [5, 5.41) is 19.9. The second kappa shape index (κ2) is 6.13. The van der Waals surface area contributed by atoms with E-state index in [9.17, 15) is 19.7 Å². The van der Waals surface area contributed by atoms with Gasteiger partial charge < -0.3 is 10.0 Å². The lowest BCUT2D eigenvalue weighted by Gasteiger charge is -2.36. The lowest BCUT2D eigenvalue weighted by molar-refractivity contribution is -0.385. The van der Waals surface area contributed by atoms with Crippen LogP contribution in [0.25, 0.3) is 0 Å². The molecule has 1 aromatic carbocycles. The second-order valence-corrected chi connectivity index (χ2v) is 5.68. The molecule has 2 atom stereocenters. The highest BCUT2D eigenvalue weighted by atomic mass is 16.6. The predicted octanol–water partition coefficient (Wildman–Crippen LogP) is 2.23. The molecule has 1 fully saturated rings. The van der Waals surface area contributed by atoms with E-state index in [2.05, 4.69) is 0 Å². The summed E-state index contributed by atoms with van der Waals surface area (Å²) in [7, 11) is 0. The van der Waals surface area contributed by atoms with Crippen LogP contribution < -0.4 is 0 Å². The Balaban J connectivity index is 2.24. The molecule has 0 saturated carbocycles. The van der Waals surface area contributed by atoms with E-state index in [1.807, 2.05) is 6.92 Å². The topological polar surface area (TPSA) is 101 Å². The van der Waals surface area contributed by atoms with E-state index in [-0.39, 0.29) is 24.2 Å². The van der Waals surface area contributed by atoms with Gasteiger partial charge in [-0.05, 0) is 38.8 Å². The lowest BCUT2D eigenvalue weighted by atomic mass is 9.92. The SMILES string of the molecule is Cc1cc(C(=O)N2CC(C(=O)O)CCC2C)ccc1[N+](=O)[O-]. The molecular formula is C15H18N2O5. The molecule has 118 valence electrons. The molecule has 1 saturated heterocycles. The van der Waals surface area contributed by atoms with Gasteiger partial charge in [0.15, 0.2) is 0 Å². The van der Waals surface area contributed by atoms with Crippen LogP contribution in [0.1, 0.15) is 35.7 Å². The predicted molar refractivity (Wildman–Crippen MR) is 78.7 cm³/mol. The molecule has 0 radical (unpaired) electrons. The molecule has 2 unspecified atom stereocenters. The van der Waals surface area contributed by atoms with Crippen molar-refractivity contribution in [3.8, 4) is 0 Å². The number of nitrogens with zero attached hydrogens (tertiary/aromatic N) is 2. The summed E-state index contributed by atoms with van der Waals surface area (Å²) in [6.45, 7) is 3.63. The van der Waals surface area contributed by atoms with Crippen LogP contribution in [-0.2, 0) is 4.79 Å². The third-order valence-corrected chi connectivity index (χ3v) is 4.13. The number of hydrogen-bond donors (Lipinski definition) is 1. The number of amides is 1. The Morgan fingerprint density at radius 1 is 1.36 bits per heavy atom. The van der Waals surface area contributed by atoms with Crippen molar-refractivity contribution in [2.24, 2.45) is 5.92 Å². The van der Waals surface area contributed by atoms with Gasteiger partial charge >= 0.3 is 5.97 Å². The number of aryl methyl sites for hydroxylation is 1. The summed E-state index contributed by atoms with van der Waals surface area (Å²) in [4.78, 5) is 35.6. The van der Waals surface area contributed by atoms with E-state index < -0.39 is 16.8 Å². The molecule has 0 aromatic heterocycles. The van der Waals surface area contributed by atoms with E-state index in [0.717, 1.165) is 0 Å². The Morgan fingerprint density at radius 3 is 2.59 bits per heavy atom. The zero-order valence-electron chi connectivity index (χ0n) is 12.5. The van der Waals surface area contributed by atoms with Crippen LogP contribution in [-0.4, -0.2) is 39.4 Å². The number of nitro benzene ring substituents is 1. The Morgan fingerprint density at radius 2 is 2.05 bits per heavy atom. The smallest absolute Gasteiger partial charge is 0.308 e. The Labute approximate surface area is 127 Å². The maximum Gasteiger partial charge on any atom is 0.308 e. The number of carboxylic acid groups (broad SMARTS) is 1. The molecule has 7 nitrogen and oxygen atoms in total. The first-order chi connectivity index (χ1) is 10.3. The van der Waals surface area contributed by atoms with E-state index in [4.69, 9.17) is 5.11 Å². The average Bonchev–Trinajstić information content (AvgIpc) is 2.46. The molecule has 1 amide bonds. The van der Waals surface area contributed by atoms with Gasteiger partial charge in [0.2, 0.25) is 0 Å². The minimum atomic E-state index is -0.899. The molecule has 0 spiro atoms. The third-order valence-electron chi connectivity index (χ3n) is 4.13. The van der Waals surface area contributed by atoms with Crippen LogP contribution >= 0.6 is 0 Å². The molecule has 1 heterocycles. The number of aliphatic carboxylic acids is 1. The Bertz CT molecular complexity index is 628. The summed E-state index contributed by atoms with van der Waals surface area (Å²) in [5.41, 5.74) is 0.725. The van der Waals surface area contributed by atoms with Gasteiger partial charge in [0, 0.05) is 29.8 Å². The fourth-order valence-electron chi connectivity index (χ4n) is 2.75. The van der Waals surface area contributed by atoms with Gasteiger partial charge in [0.05, 0.1) is 10.8 Å². The number of hydrogen-bond acceptors (Lipinski definition) is 4. The third kappa shape index (κ3) is 3.08. The summed E-state index contributed by atoms with van der Waals surface area (Å²) < 4.78 is 0. The maximum absolute atomic E-state index is 12.6. The molecule has 1 aliphatic heterocycles. The molecule has 1 N–H and O–H groups in total. The minimum absolute atomic E-state index is 0.0355. The van der Waals surface area contributed by atoms with Crippen molar-refractivity contribution in [3.05, 3.63) is 39.4 Å². The molecular weight excluding hydrogens is 288 g/mol. The minimum Gasteiger partial charge on any atom is -0.481 e. The zero-order valence-corrected chi connectivity index (χ0v) is 12.5. The largest absolute Gasteiger partial charge is 0.481 e. The molecule has 0 bridgehead atoms. The number of likely N-dealkylation sites (tertiary alicyclic amines) is 1. The van der Waals surface area contributed by atoms with E-state index in [1.54, 1.807) is 11.8 Å². The van der Waals surface area contributed by atoms with E-state index in [0.29, 0.717) is 24.0 Å². The fourth-order valence-corrected chi connectivity index (χ4v) is 2.75. The van der Waals surface area contributed by atoms with Crippen LogP contribution in [0.5, 0.6) is 0 Å². The number of benzene rings is 1. The van der Waals surface area contributed by atoms with Crippen LogP contribution in [0.2, 0.25) is 0 Å². The van der Waals surface area contributed by atoms with Crippen molar-refractivity contribution in [2.45, 2.75) is 32.7 Å². The van der Waals surface area contributed by atoms with Crippen molar-refractivity contribution < 1.29 is 19.6 Å². The van der Waals surface area contributed by atoms with Crippen LogP contribution in [0.4, 0.5) is 5.69 Å². The molecule has 7 heteroatoms. The van der Waals surface area contributed by atoms with Crippen LogP contribution in [0, 0.1) is 23.0 Å². The normalized spacial score (nSPS) is 21.5. The van der Waals surface area contributed by atoms with Gasteiger partial charge in [-0.15, -0.1) is 0 Å². The van der Waals surface area contributed by atoms with Gasteiger partial charge in [0.1, 0.15) is 0 Å². The van der Waals surface area contributed by atoms with Gasteiger partial charge in [0.25, 0.3) is 11.6 Å². The van der Waals surface area contributed by atoms with Gasteiger partial charge in [-0.3, -0.25) is 19.7 Å².